The second-order valence-corrected chi connectivity index (χ2v) is 7.72. The third-order valence-corrected chi connectivity index (χ3v) is 5.62. The minimum absolute atomic E-state index is 0.0691. The highest BCUT2D eigenvalue weighted by Gasteiger charge is 2.27. The van der Waals surface area contributed by atoms with Gasteiger partial charge >= 0.3 is 6.03 Å². The van der Waals surface area contributed by atoms with Gasteiger partial charge in [0.05, 0.1) is 18.5 Å². The van der Waals surface area contributed by atoms with Crippen LogP contribution >= 0.6 is 0 Å². The maximum atomic E-state index is 13.1. The summed E-state index contributed by atoms with van der Waals surface area (Å²) in [5.41, 5.74) is 2.63. The number of anilines is 1. The molecule has 162 valence electrons. The number of benzene rings is 2. The number of aromatic nitrogens is 3. The molecule has 3 aromatic rings. The second kappa shape index (κ2) is 10.1. The lowest BCUT2D eigenvalue weighted by atomic mass is 10.00. The first-order valence-electron chi connectivity index (χ1n) is 11.0. The third-order valence-electron chi connectivity index (χ3n) is 5.62. The van der Waals surface area contributed by atoms with Gasteiger partial charge in [-0.25, -0.2) is 4.79 Å². The Morgan fingerprint density at radius 1 is 1.13 bits per heavy atom. The quantitative estimate of drug-likeness (QED) is 0.596. The molecular weight excluding hydrogens is 390 g/mol. The third kappa shape index (κ3) is 5.23. The van der Waals surface area contributed by atoms with Crippen molar-refractivity contribution in [2.24, 2.45) is 0 Å². The molecule has 1 aliphatic heterocycles. The summed E-state index contributed by atoms with van der Waals surface area (Å²) in [5.74, 6) is 0.697. The Morgan fingerprint density at radius 3 is 2.77 bits per heavy atom. The Kier molecular flexibility index (Phi) is 6.82. The van der Waals surface area contributed by atoms with Crippen molar-refractivity contribution >= 4 is 11.7 Å². The summed E-state index contributed by atoms with van der Waals surface area (Å²) in [6.07, 6.45) is 5.98. The highest BCUT2D eigenvalue weighted by molar-refractivity contribution is 5.91. The Bertz CT molecular complexity index is 988. The molecule has 1 saturated heterocycles. The van der Waals surface area contributed by atoms with Crippen LogP contribution in [0.15, 0.2) is 60.8 Å². The number of carbonyl (C=O) groups excluding carboxylic acids is 1. The molecule has 7 heteroatoms. The lowest BCUT2D eigenvalue weighted by molar-refractivity contribution is 0.154. The number of aryl methyl sites for hydroxylation is 1. The number of para-hydroxylation sites is 2. The van der Waals surface area contributed by atoms with Gasteiger partial charge in [-0.1, -0.05) is 47.7 Å². The van der Waals surface area contributed by atoms with Gasteiger partial charge in [0.25, 0.3) is 0 Å². The average molecular weight is 420 g/mol. The van der Waals surface area contributed by atoms with Gasteiger partial charge in [-0.2, -0.15) is 0 Å². The zero-order valence-corrected chi connectivity index (χ0v) is 17.9. The molecule has 1 unspecified atom stereocenters. The molecule has 0 aliphatic carbocycles. The Balaban J connectivity index is 1.39. The summed E-state index contributed by atoms with van der Waals surface area (Å²) in [4.78, 5) is 15.0. The fraction of sp³-hybridized carbons (Fsp3) is 0.375. The molecular formula is C24H29N5O2. The number of urea groups is 1. The van der Waals surface area contributed by atoms with Crippen LogP contribution in [0, 0.1) is 0 Å². The summed E-state index contributed by atoms with van der Waals surface area (Å²) in [5, 5.41) is 11.6. The van der Waals surface area contributed by atoms with Crippen molar-refractivity contribution in [2.75, 3.05) is 18.5 Å². The second-order valence-electron chi connectivity index (χ2n) is 7.72. The normalized spacial score (nSPS) is 16.2. The number of ether oxygens (including phenoxy) is 1. The van der Waals surface area contributed by atoms with Crippen LogP contribution in [0.2, 0.25) is 0 Å². The summed E-state index contributed by atoms with van der Waals surface area (Å²) >= 11 is 0. The predicted molar refractivity (Wildman–Crippen MR) is 121 cm³/mol. The topological polar surface area (TPSA) is 72.3 Å². The van der Waals surface area contributed by atoms with Crippen LogP contribution in [0.5, 0.6) is 5.75 Å². The molecule has 0 saturated carbocycles. The molecule has 0 radical (unpaired) electrons. The number of hydrogen-bond acceptors (Lipinski definition) is 4. The number of rotatable bonds is 7. The van der Waals surface area contributed by atoms with Gasteiger partial charge in [-0.15, -0.1) is 5.10 Å². The molecule has 2 aromatic carbocycles. The molecule has 2 heterocycles. The maximum Gasteiger partial charge on any atom is 0.322 e. The van der Waals surface area contributed by atoms with E-state index in [9.17, 15) is 4.79 Å². The highest BCUT2D eigenvalue weighted by Crippen LogP contribution is 2.26. The lowest BCUT2D eigenvalue weighted by Crippen LogP contribution is -2.46. The molecule has 2 amide bonds. The Labute approximate surface area is 183 Å². The zero-order chi connectivity index (χ0) is 21.5. The van der Waals surface area contributed by atoms with Gasteiger partial charge in [0.1, 0.15) is 11.4 Å². The van der Waals surface area contributed by atoms with Gasteiger partial charge in [-0.3, -0.25) is 4.68 Å². The first kappa shape index (κ1) is 20.9. The largest absolute Gasteiger partial charge is 0.492 e. The summed E-state index contributed by atoms with van der Waals surface area (Å²) in [6, 6.07) is 17.7. The monoisotopic (exact) mass is 419 g/mol. The minimum atomic E-state index is -0.0691. The van der Waals surface area contributed by atoms with Gasteiger partial charge in [0.15, 0.2) is 0 Å². The van der Waals surface area contributed by atoms with E-state index in [-0.39, 0.29) is 12.1 Å². The van der Waals surface area contributed by atoms with E-state index in [1.807, 2.05) is 77.3 Å². The first-order chi connectivity index (χ1) is 15.2. The van der Waals surface area contributed by atoms with E-state index in [2.05, 4.69) is 15.6 Å². The van der Waals surface area contributed by atoms with E-state index >= 15 is 0 Å². The first-order valence-corrected chi connectivity index (χ1v) is 11.0. The average Bonchev–Trinajstić information content (AvgIpc) is 3.29. The smallest absolute Gasteiger partial charge is 0.322 e. The van der Waals surface area contributed by atoms with Crippen LogP contribution in [-0.2, 0) is 6.54 Å². The van der Waals surface area contributed by atoms with Crippen LogP contribution in [0.1, 0.15) is 32.6 Å². The Hall–Kier alpha value is -3.35. The van der Waals surface area contributed by atoms with Gasteiger partial charge in [0.2, 0.25) is 0 Å². The van der Waals surface area contributed by atoms with Gasteiger partial charge < -0.3 is 15.0 Å². The molecule has 7 nitrogen and oxygen atoms in total. The number of amides is 2. The molecule has 1 atom stereocenters. The zero-order valence-electron chi connectivity index (χ0n) is 17.9. The van der Waals surface area contributed by atoms with Gasteiger partial charge in [0, 0.05) is 24.7 Å². The van der Waals surface area contributed by atoms with Crippen LogP contribution in [0.4, 0.5) is 10.5 Å². The van der Waals surface area contributed by atoms with Crippen LogP contribution in [0.25, 0.3) is 11.3 Å². The van der Waals surface area contributed by atoms with Crippen LogP contribution in [-0.4, -0.2) is 45.1 Å². The van der Waals surface area contributed by atoms with Crippen molar-refractivity contribution in [3.8, 4) is 17.0 Å². The highest BCUT2D eigenvalue weighted by atomic mass is 16.5. The molecule has 1 N–H and O–H groups in total. The Morgan fingerprint density at radius 2 is 1.94 bits per heavy atom. The van der Waals surface area contributed by atoms with Crippen molar-refractivity contribution in [3.05, 3.63) is 60.8 Å². The molecule has 4 rings (SSSR count). The summed E-state index contributed by atoms with van der Waals surface area (Å²) in [7, 11) is 0. The molecule has 0 bridgehead atoms. The van der Waals surface area contributed by atoms with E-state index in [0.29, 0.717) is 18.0 Å². The molecule has 1 aromatic heterocycles. The standard InChI is InChI=1S/C24H29N5O2/c1-2-31-23-14-7-6-13-21(23)25-24(30)29-16-9-8-12-20(29)15-17-28-18-22(26-27-28)19-10-4-3-5-11-19/h3-7,10-11,13-14,18,20H,2,8-9,12,15-17H2,1H3,(H,25,30). The minimum Gasteiger partial charge on any atom is -0.492 e. The molecule has 0 spiro atoms. The lowest BCUT2D eigenvalue weighted by Gasteiger charge is -2.36. The van der Waals surface area contributed by atoms with Crippen molar-refractivity contribution in [2.45, 2.75) is 45.2 Å². The molecule has 1 fully saturated rings. The number of carbonyl (C=O) groups is 1. The fourth-order valence-electron chi connectivity index (χ4n) is 4.04. The van der Waals surface area contributed by atoms with E-state index in [0.717, 1.165) is 50.0 Å². The van der Waals surface area contributed by atoms with Crippen LogP contribution in [0.3, 0.4) is 0 Å². The fourth-order valence-corrected chi connectivity index (χ4v) is 4.04. The number of nitrogens with zero attached hydrogens (tertiary/aromatic N) is 4. The van der Waals surface area contributed by atoms with Crippen molar-refractivity contribution < 1.29 is 9.53 Å². The van der Waals surface area contributed by atoms with E-state index in [4.69, 9.17) is 4.74 Å². The predicted octanol–water partition coefficient (Wildman–Crippen LogP) is 4.82. The van der Waals surface area contributed by atoms with Crippen LogP contribution < -0.4 is 10.1 Å². The summed E-state index contributed by atoms with van der Waals surface area (Å²) in [6.45, 7) is 3.98. The number of hydrogen-bond donors (Lipinski definition) is 1. The van der Waals surface area contributed by atoms with Crippen molar-refractivity contribution in [1.82, 2.24) is 19.9 Å². The number of nitrogens with one attached hydrogen (secondary N) is 1. The van der Waals surface area contributed by atoms with E-state index in [1.165, 1.54) is 0 Å². The van der Waals surface area contributed by atoms with Crippen molar-refractivity contribution in [3.63, 3.8) is 0 Å². The van der Waals surface area contributed by atoms with E-state index < -0.39 is 0 Å². The maximum absolute atomic E-state index is 13.1. The molecule has 1 aliphatic rings. The molecule has 31 heavy (non-hydrogen) atoms. The number of piperidine rings is 1. The van der Waals surface area contributed by atoms with Crippen molar-refractivity contribution in [1.29, 1.82) is 0 Å². The SMILES string of the molecule is CCOc1ccccc1NC(=O)N1CCCCC1CCn1cc(-c2ccccc2)nn1. The summed E-state index contributed by atoms with van der Waals surface area (Å²) < 4.78 is 7.52. The van der Waals surface area contributed by atoms with Gasteiger partial charge in [-0.05, 0) is 44.7 Å². The van der Waals surface area contributed by atoms with E-state index in [1.54, 1.807) is 0 Å². The number of likely N-dealkylation sites (tertiary alicyclic amines) is 1.